The van der Waals surface area contributed by atoms with Crippen molar-refractivity contribution in [3.05, 3.63) is 70.8 Å². The predicted octanol–water partition coefficient (Wildman–Crippen LogP) is 1.76. The van der Waals surface area contributed by atoms with Crippen molar-refractivity contribution in [3.63, 3.8) is 0 Å². The molecule has 5 rings (SSSR count). The first kappa shape index (κ1) is 13.0. The molecule has 2 aromatic rings. The number of nitrogens with zero attached hydrogens (tertiary/aromatic N) is 2. The van der Waals surface area contributed by atoms with Crippen LogP contribution in [-0.4, -0.2) is 10.2 Å². The average Bonchev–Trinajstić information content (AvgIpc) is 2.57. The van der Waals surface area contributed by atoms with Gasteiger partial charge in [-0.15, -0.1) is 0 Å². The van der Waals surface area contributed by atoms with Crippen LogP contribution in [0.4, 0.5) is 0 Å². The van der Waals surface area contributed by atoms with Crippen molar-refractivity contribution in [2.24, 2.45) is 11.8 Å². The zero-order chi connectivity index (χ0) is 15.5. The summed E-state index contributed by atoms with van der Waals surface area (Å²) in [7, 11) is 0. The van der Waals surface area contributed by atoms with Gasteiger partial charge >= 0.3 is 0 Å². The molecule has 3 aliphatic rings. The number of hydrogen-bond acceptors (Lipinski definition) is 4. The summed E-state index contributed by atoms with van der Waals surface area (Å²) >= 11 is 0. The molecule has 2 atom stereocenters. The minimum Gasteiger partial charge on any atom is -0.379 e. The summed E-state index contributed by atoms with van der Waals surface area (Å²) in [6.45, 7) is 0. The molecule has 0 heterocycles. The first-order valence-electron chi connectivity index (χ1n) is 7.04. The quantitative estimate of drug-likeness (QED) is 0.773. The molecule has 3 aliphatic carbocycles. The molecule has 0 unspecified atom stereocenters. The van der Waals surface area contributed by atoms with Crippen LogP contribution in [0.3, 0.4) is 0 Å². The van der Waals surface area contributed by atoms with Crippen LogP contribution in [-0.2, 0) is 11.2 Å². The van der Waals surface area contributed by atoms with Gasteiger partial charge in [-0.2, -0.15) is 10.5 Å². The van der Waals surface area contributed by atoms with Gasteiger partial charge in [0.1, 0.15) is 23.0 Å². The third kappa shape index (κ3) is 1.15. The van der Waals surface area contributed by atoms with E-state index in [0.717, 1.165) is 0 Å². The number of nitriles is 2. The molecule has 0 amide bonds. The lowest BCUT2D eigenvalue weighted by atomic mass is 9.50. The second-order valence-corrected chi connectivity index (χ2v) is 5.84. The Kier molecular flexibility index (Phi) is 2.34. The molecule has 0 saturated carbocycles. The van der Waals surface area contributed by atoms with E-state index in [1.54, 1.807) is 48.5 Å². The van der Waals surface area contributed by atoms with Crippen LogP contribution in [0.15, 0.2) is 48.5 Å². The zero-order valence-electron chi connectivity index (χ0n) is 11.6. The van der Waals surface area contributed by atoms with Crippen molar-refractivity contribution < 1.29 is 10.2 Å². The summed E-state index contributed by atoms with van der Waals surface area (Å²) in [4.78, 5) is 0. The molecule has 4 nitrogen and oxygen atoms in total. The maximum absolute atomic E-state index is 11.4. The van der Waals surface area contributed by atoms with E-state index in [1.165, 1.54) is 0 Å². The Labute approximate surface area is 127 Å². The largest absolute Gasteiger partial charge is 0.379 e. The number of benzene rings is 2. The highest BCUT2D eigenvalue weighted by molar-refractivity contribution is 5.62. The lowest BCUT2D eigenvalue weighted by Gasteiger charge is -2.55. The number of hydrogen-bond donors (Lipinski definition) is 2. The average molecular weight is 288 g/mol. The first-order valence-corrected chi connectivity index (χ1v) is 7.04. The van der Waals surface area contributed by atoms with E-state index in [0.29, 0.717) is 22.3 Å². The number of fused-ring (bicyclic) bond motifs is 1. The summed E-state index contributed by atoms with van der Waals surface area (Å²) in [5, 5.41) is 42.0. The summed E-state index contributed by atoms with van der Waals surface area (Å²) in [5.41, 5.74) is -1.12. The van der Waals surface area contributed by atoms with Crippen LogP contribution in [0.1, 0.15) is 22.3 Å². The normalized spacial score (nSPS) is 34.2. The Morgan fingerprint density at radius 1 is 0.682 bits per heavy atom. The molecule has 106 valence electrons. The van der Waals surface area contributed by atoms with Crippen LogP contribution in [0.5, 0.6) is 0 Å². The molecule has 2 aromatic carbocycles. The van der Waals surface area contributed by atoms with Gasteiger partial charge in [-0.25, -0.2) is 0 Å². The molecule has 0 aromatic heterocycles. The molecule has 0 saturated heterocycles. The van der Waals surface area contributed by atoms with Gasteiger partial charge in [0.15, 0.2) is 0 Å². The molecule has 22 heavy (non-hydrogen) atoms. The van der Waals surface area contributed by atoms with E-state index < -0.39 is 23.0 Å². The van der Waals surface area contributed by atoms with Gasteiger partial charge in [-0.3, -0.25) is 0 Å². The maximum atomic E-state index is 11.4. The molecular formula is C18H12N2O2. The van der Waals surface area contributed by atoms with Gasteiger partial charge in [0.05, 0.1) is 12.1 Å². The van der Waals surface area contributed by atoms with Gasteiger partial charge in [0.2, 0.25) is 0 Å². The van der Waals surface area contributed by atoms with E-state index in [1.807, 2.05) is 0 Å². The highest BCUT2D eigenvalue weighted by Crippen LogP contribution is 2.61. The van der Waals surface area contributed by atoms with E-state index in [2.05, 4.69) is 12.1 Å². The second-order valence-electron chi connectivity index (χ2n) is 5.84. The van der Waals surface area contributed by atoms with E-state index >= 15 is 0 Å². The number of rotatable bonds is 0. The van der Waals surface area contributed by atoms with E-state index in [9.17, 15) is 20.7 Å². The summed E-state index contributed by atoms with van der Waals surface area (Å²) in [6.07, 6.45) is 0. The Morgan fingerprint density at radius 3 is 1.18 bits per heavy atom. The SMILES string of the molecule is N#C[C@@H]1[C@@H](C#N)C2(O)c3ccccc3C1(O)c1ccccc12. The Hall–Kier alpha value is -2.66. The van der Waals surface area contributed by atoms with Gasteiger partial charge in [-0.05, 0) is 22.3 Å². The molecule has 2 bridgehead atoms. The maximum Gasteiger partial charge on any atom is 0.133 e. The van der Waals surface area contributed by atoms with Gasteiger partial charge in [0.25, 0.3) is 0 Å². The van der Waals surface area contributed by atoms with Gasteiger partial charge < -0.3 is 10.2 Å². The van der Waals surface area contributed by atoms with Gasteiger partial charge in [0, 0.05) is 0 Å². The van der Waals surface area contributed by atoms with Crippen molar-refractivity contribution in [2.75, 3.05) is 0 Å². The van der Waals surface area contributed by atoms with Crippen LogP contribution in [0.2, 0.25) is 0 Å². The van der Waals surface area contributed by atoms with Crippen molar-refractivity contribution >= 4 is 0 Å². The highest BCUT2D eigenvalue weighted by atomic mass is 16.3. The fourth-order valence-corrected chi connectivity index (χ4v) is 4.07. The van der Waals surface area contributed by atoms with Crippen molar-refractivity contribution in [3.8, 4) is 12.1 Å². The Morgan fingerprint density at radius 2 is 0.955 bits per heavy atom. The van der Waals surface area contributed by atoms with Crippen LogP contribution < -0.4 is 0 Å². The first-order chi connectivity index (χ1) is 10.6. The minimum atomic E-state index is -1.58. The van der Waals surface area contributed by atoms with Gasteiger partial charge in [-0.1, -0.05) is 48.5 Å². The lowest BCUT2D eigenvalue weighted by Crippen LogP contribution is -2.59. The molecule has 0 fully saturated rings. The molecule has 0 aliphatic heterocycles. The smallest absolute Gasteiger partial charge is 0.133 e. The highest BCUT2D eigenvalue weighted by Gasteiger charge is 2.65. The van der Waals surface area contributed by atoms with Crippen molar-refractivity contribution in [1.82, 2.24) is 0 Å². The topological polar surface area (TPSA) is 88.0 Å². The molecule has 0 radical (unpaired) electrons. The minimum absolute atomic E-state index is 0.509. The summed E-state index contributed by atoms with van der Waals surface area (Å²) in [6, 6.07) is 18.0. The van der Waals surface area contributed by atoms with E-state index in [4.69, 9.17) is 0 Å². The summed E-state index contributed by atoms with van der Waals surface area (Å²) in [5.74, 6) is -2.04. The Balaban J connectivity index is 2.22. The van der Waals surface area contributed by atoms with Crippen LogP contribution in [0, 0.1) is 34.5 Å². The predicted molar refractivity (Wildman–Crippen MR) is 77.1 cm³/mol. The monoisotopic (exact) mass is 288 g/mol. The fraction of sp³-hybridized carbons (Fsp3) is 0.222. The van der Waals surface area contributed by atoms with Crippen LogP contribution >= 0.6 is 0 Å². The molecule has 0 spiro atoms. The Bertz CT molecular complexity index is 756. The standard InChI is InChI=1S/C18H12N2O2/c19-9-15-16(10-20)18(22)12-6-2-1-5-11(12)17(15,21)13-7-3-4-8-14(13)18/h1-8,15-16,21-22H/t15-,16-,17?,18?/m1/s1. The van der Waals surface area contributed by atoms with E-state index in [-0.39, 0.29) is 0 Å². The molecule has 4 heteroatoms. The molecular weight excluding hydrogens is 276 g/mol. The second kappa shape index (κ2) is 3.96. The molecule has 2 N–H and O–H groups in total. The summed E-state index contributed by atoms with van der Waals surface area (Å²) < 4.78 is 0. The number of aliphatic hydroxyl groups is 2. The zero-order valence-corrected chi connectivity index (χ0v) is 11.6. The van der Waals surface area contributed by atoms with Crippen molar-refractivity contribution in [1.29, 1.82) is 10.5 Å². The third-order valence-electron chi connectivity index (χ3n) is 5.01. The third-order valence-corrected chi connectivity index (χ3v) is 5.01. The van der Waals surface area contributed by atoms with Crippen LogP contribution in [0.25, 0.3) is 0 Å². The van der Waals surface area contributed by atoms with Crippen molar-refractivity contribution in [2.45, 2.75) is 11.2 Å². The lowest BCUT2D eigenvalue weighted by molar-refractivity contribution is -0.0887. The fourth-order valence-electron chi connectivity index (χ4n) is 4.07.